The fourth-order valence-corrected chi connectivity index (χ4v) is 6.86. The van der Waals surface area contributed by atoms with Gasteiger partial charge in [0.1, 0.15) is 5.75 Å². The van der Waals surface area contributed by atoms with Crippen LogP contribution in [0, 0.1) is 13.8 Å². The Labute approximate surface area is 220 Å². The second-order valence-electron chi connectivity index (χ2n) is 7.86. The number of halogens is 2. The lowest BCUT2D eigenvalue weighted by Gasteiger charge is -2.16. The Hall–Kier alpha value is -2.60. The van der Waals surface area contributed by atoms with Crippen molar-refractivity contribution in [1.82, 2.24) is 0 Å². The maximum absolute atomic E-state index is 13.5. The fourth-order valence-electron chi connectivity index (χ4n) is 3.50. The quantitative estimate of drug-likeness (QED) is 0.230. The van der Waals surface area contributed by atoms with Gasteiger partial charge in [0.2, 0.25) is 0 Å². The molecule has 0 aliphatic heterocycles. The highest BCUT2D eigenvalue weighted by molar-refractivity contribution is 9.10. The summed E-state index contributed by atoms with van der Waals surface area (Å²) in [5.41, 5.74) is 2.04. The number of nitrogens with one attached hydrogen (secondary N) is 2. The topological polar surface area (TPSA) is 113 Å². The van der Waals surface area contributed by atoms with Crippen LogP contribution in [0.5, 0.6) is 5.75 Å². The molecule has 0 aliphatic rings. The molecule has 0 atom stereocenters. The Morgan fingerprint density at radius 3 is 1.83 bits per heavy atom. The number of anilines is 2. The number of rotatable bonds is 6. The van der Waals surface area contributed by atoms with E-state index >= 15 is 0 Å². The van der Waals surface area contributed by atoms with Crippen LogP contribution in [0.1, 0.15) is 11.1 Å². The molecule has 4 aromatic rings. The molecule has 4 rings (SSSR count). The van der Waals surface area contributed by atoms with Gasteiger partial charge >= 0.3 is 0 Å². The van der Waals surface area contributed by atoms with E-state index in [2.05, 4.69) is 41.3 Å². The second-order valence-corrected chi connectivity index (χ2v) is 12.9. The van der Waals surface area contributed by atoms with Gasteiger partial charge in [-0.3, -0.25) is 9.44 Å². The first-order chi connectivity index (χ1) is 16.4. The van der Waals surface area contributed by atoms with E-state index in [4.69, 9.17) is 0 Å². The van der Waals surface area contributed by atoms with Gasteiger partial charge in [0, 0.05) is 14.3 Å². The fraction of sp³-hybridized carbons (Fsp3) is 0.0833. The maximum atomic E-state index is 13.5. The first-order valence-corrected chi connectivity index (χ1v) is 14.8. The summed E-state index contributed by atoms with van der Waals surface area (Å²) in [6, 6.07) is 16.8. The number of hydrogen-bond acceptors (Lipinski definition) is 5. The lowest BCUT2D eigenvalue weighted by Crippen LogP contribution is -2.17. The van der Waals surface area contributed by atoms with E-state index in [1.165, 1.54) is 24.3 Å². The summed E-state index contributed by atoms with van der Waals surface area (Å²) in [6.07, 6.45) is 0. The minimum Gasteiger partial charge on any atom is -0.508 e. The molecule has 0 saturated heterocycles. The number of sulfonamides is 2. The van der Waals surface area contributed by atoms with Gasteiger partial charge in [-0.1, -0.05) is 50.1 Å². The van der Waals surface area contributed by atoms with Gasteiger partial charge in [0.15, 0.2) is 0 Å². The van der Waals surface area contributed by atoms with E-state index in [0.717, 1.165) is 10.5 Å². The van der Waals surface area contributed by atoms with Crippen molar-refractivity contribution in [2.24, 2.45) is 0 Å². The average Bonchev–Trinajstić information content (AvgIpc) is 2.79. The normalized spacial score (nSPS) is 12.0. The molecule has 11 heteroatoms. The smallest absolute Gasteiger partial charge is 0.262 e. The first kappa shape index (κ1) is 25.5. The number of hydrogen-bond donors (Lipinski definition) is 3. The minimum atomic E-state index is -4.25. The molecule has 0 spiro atoms. The van der Waals surface area contributed by atoms with Crippen LogP contribution in [-0.2, 0) is 20.0 Å². The van der Waals surface area contributed by atoms with Crippen molar-refractivity contribution in [2.45, 2.75) is 23.6 Å². The molecular formula is C24H20Br2N2O5S2. The first-order valence-electron chi connectivity index (χ1n) is 10.2. The Bertz CT molecular complexity index is 1690. The van der Waals surface area contributed by atoms with E-state index in [9.17, 15) is 21.9 Å². The standard InChI is InChI=1S/C24H20Br2N2O5S2/c1-14-20(25)5-3-7-22(14)27-34(30,31)18-11-16-9-10-17(29)12-19(16)24(13-18)35(32,33)28-23-8-4-6-21(26)15(23)2/h3-13,27-29H,1-2H3. The van der Waals surface area contributed by atoms with E-state index in [1.54, 1.807) is 50.2 Å². The summed E-state index contributed by atoms with van der Waals surface area (Å²) in [4.78, 5) is -0.516. The Morgan fingerprint density at radius 2 is 1.26 bits per heavy atom. The van der Waals surface area contributed by atoms with E-state index in [-0.39, 0.29) is 20.9 Å². The van der Waals surface area contributed by atoms with E-state index in [1.807, 2.05) is 0 Å². The molecule has 0 heterocycles. The van der Waals surface area contributed by atoms with Crippen LogP contribution in [0.3, 0.4) is 0 Å². The summed E-state index contributed by atoms with van der Waals surface area (Å²) in [5, 5.41) is 10.5. The molecule has 0 fully saturated rings. The van der Waals surface area contributed by atoms with Crippen molar-refractivity contribution in [1.29, 1.82) is 0 Å². The lowest BCUT2D eigenvalue weighted by molar-refractivity contribution is 0.476. The van der Waals surface area contributed by atoms with E-state index < -0.39 is 20.0 Å². The molecule has 0 unspecified atom stereocenters. The molecular weight excluding hydrogens is 620 g/mol. The van der Waals surface area contributed by atoms with Gasteiger partial charge in [0.25, 0.3) is 20.0 Å². The molecule has 0 aliphatic carbocycles. The Balaban J connectivity index is 1.88. The molecule has 4 aromatic carbocycles. The predicted molar refractivity (Wildman–Crippen MR) is 145 cm³/mol. The van der Waals surface area contributed by atoms with Crippen molar-refractivity contribution in [2.75, 3.05) is 9.44 Å². The van der Waals surface area contributed by atoms with Crippen molar-refractivity contribution < 1.29 is 21.9 Å². The zero-order chi connectivity index (χ0) is 25.5. The zero-order valence-corrected chi connectivity index (χ0v) is 23.3. The molecule has 0 radical (unpaired) electrons. The summed E-state index contributed by atoms with van der Waals surface area (Å²) >= 11 is 6.76. The number of benzene rings is 4. The summed E-state index contributed by atoms with van der Waals surface area (Å²) in [5.74, 6) is -0.147. The SMILES string of the molecule is Cc1c(Br)cccc1NS(=O)(=O)c1cc(S(=O)(=O)Nc2cccc(Br)c2C)c2cc(O)ccc2c1. The number of fused-ring (bicyclic) bond motifs is 1. The van der Waals surface area contributed by atoms with Crippen LogP contribution in [0.2, 0.25) is 0 Å². The third-order valence-corrected chi connectivity index (χ3v) is 9.97. The number of phenolic OH excluding ortho intramolecular Hbond substituents is 1. The molecule has 182 valence electrons. The van der Waals surface area contributed by atoms with Gasteiger partial charge in [0.05, 0.1) is 21.2 Å². The summed E-state index contributed by atoms with van der Waals surface area (Å²) in [7, 11) is -8.41. The monoisotopic (exact) mass is 638 g/mol. The van der Waals surface area contributed by atoms with Crippen molar-refractivity contribution >= 4 is 74.1 Å². The third-order valence-electron chi connectivity index (χ3n) is 5.50. The number of aromatic hydroxyl groups is 1. The van der Waals surface area contributed by atoms with Crippen LogP contribution in [0.4, 0.5) is 11.4 Å². The van der Waals surface area contributed by atoms with Gasteiger partial charge in [-0.2, -0.15) is 0 Å². The van der Waals surface area contributed by atoms with Crippen LogP contribution < -0.4 is 9.44 Å². The minimum absolute atomic E-state index is 0.147. The highest BCUT2D eigenvalue weighted by Gasteiger charge is 2.25. The van der Waals surface area contributed by atoms with Crippen molar-refractivity contribution in [3.63, 3.8) is 0 Å². The van der Waals surface area contributed by atoms with E-state index in [0.29, 0.717) is 32.4 Å². The zero-order valence-electron chi connectivity index (χ0n) is 18.5. The van der Waals surface area contributed by atoms with Gasteiger partial charge in [-0.15, -0.1) is 0 Å². The van der Waals surface area contributed by atoms with Gasteiger partial charge in [-0.25, -0.2) is 16.8 Å². The molecule has 3 N–H and O–H groups in total. The van der Waals surface area contributed by atoms with Crippen LogP contribution in [0.25, 0.3) is 10.8 Å². The molecule has 35 heavy (non-hydrogen) atoms. The molecule has 0 bridgehead atoms. The van der Waals surface area contributed by atoms with Crippen molar-refractivity contribution in [3.05, 3.63) is 86.8 Å². The summed E-state index contributed by atoms with van der Waals surface area (Å²) < 4.78 is 60.1. The van der Waals surface area contributed by atoms with Crippen molar-refractivity contribution in [3.8, 4) is 5.75 Å². The number of phenols is 1. The third kappa shape index (κ3) is 5.18. The molecule has 0 aromatic heterocycles. The maximum Gasteiger partial charge on any atom is 0.262 e. The summed E-state index contributed by atoms with van der Waals surface area (Å²) in [6.45, 7) is 3.50. The van der Waals surface area contributed by atoms with Crippen LogP contribution >= 0.6 is 31.9 Å². The average molecular weight is 640 g/mol. The molecule has 0 amide bonds. The second kappa shape index (κ2) is 9.45. The van der Waals surface area contributed by atoms with Crippen LogP contribution in [0.15, 0.2) is 85.5 Å². The van der Waals surface area contributed by atoms with Gasteiger partial charge in [-0.05, 0) is 78.9 Å². The lowest BCUT2D eigenvalue weighted by atomic mass is 10.1. The highest BCUT2D eigenvalue weighted by atomic mass is 79.9. The highest BCUT2D eigenvalue weighted by Crippen LogP contribution is 2.34. The molecule has 0 saturated carbocycles. The van der Waals surface area contributed by atoms with Gasteiger partial charge < -0.3 is 5.11 Å². The molecule has 7 nitrogen and oxygen atoms in total. The van der Waals surface area contributed by atoms with Crippen LogP contribution in [-0.4, -0.2) is 21.9 Å². The predicted octanol–water partition coefficient (Wildman–Crippen LogP) is 6.29. The Kier molecular flexibility index (Phi) is 6.89. The Morgan fingerprint density at radius 1 is 0.714 bits per heavy atom. The largest absolute Gasteiger partial charge is 0.508 e.